The molecule has 0 amide bonds. The Morgan fingerprint density at radius 3 is 2.78 bits per heavy atom. The SMILES string of the molecule is CCOc1ccccc1C1(O)CCCCC1CC. The second-order valence-corrected chi connectivity index (χ2v) is 5.20. The number of hydrogen-bond acceptors (Lipinski definition) is 2. The monoisotopic (exact) mass is 248 g/mol. The standard InChI is InChI=1S/C16H24O2/c1-3-13-9-7-8-12-16(13,17)14-10-5-6-11-15(14)18-4-2/h5-6,10-11,13,17H,3-4,7-9,12H2,1-2H3. The Morgan fingerprint density at radius 2 is 2.06 bits per heavy atom. The van der Waals surface area contributed by atoms with E-state index in [1.807, 2.05) is 31.2 Å². The van der Waals surface area contributed by atoms with Crippen LogP contribution < -0.4 is 4.74 Å². The predicted octanol–water partition coefficient (Wildman–Crippen LogP) is 3.87. The number of para-hydroxylation sites is 1. The molecule has 1 aromatic carbocycles. The molecule has 2 unspecified atom stereocenters. The Balaban J connectivity index is 2.38. The lowest BCUT2D eigenvalue weighted by Crippen LogP contribution is -2.38. The summed E-state index contributed by atoms with van der Waals surface area (Å²) in [5.41, 5.74) is 0.289. The molecule has 2 rings (SSSR count). The molecule has 100 valence electrons. The Bertz CT molecular complexity index is 388. The summed E-state index contributed by atoms with van der Waals surface area (Å²) < 4.78 is 5.69. The van der Waals surface area contributed by atoms with Crippen LogP contribution in [-0.2, 0) is 5.60 Å². The summed E-state index contributed by atoms with van der Waals surface area (Å²) in [6.45, 7) is 4.80. The van der Waals surface area contributed by atoms with Crippen molar-refractivity contribution in [2.75, 3.05) is 6.61 Å². The second kappa shape index (κ2) is 5.75. The van der Waals surface area contributed by atoms with Gasteiger partial charge in [0.05, 0.1) is 12.2 Å². The van der Waals surface area contributed by atoms with Gasteiger partial charge in [-0.1, -0.05) is 44.4 Å². The molecule has 0 aromatic heterocycles. The van der Waals surface area contributed by atoms with Gasteiger partial charge in [0.1, 0.15) is 5.75 Å². The van der Waals surface area contributed by atoms with Gasteiger partial charge in [0.25, 0.3) is 0 Å². The number of hydrogen-bond donors (Lipinski definition) is 1. The molecule has 0 heterocycles. The number of rotatable bonds is 4. The number of benzene rings is 1. The van der Waals surface area contributed by atoms with Crippen LogP contribution in [0.25, 0.3) is 0 Å². The van der Waals surface area contributed by atoms with Crippen molar-refractivity contribution in [2.45, 2.75) is 51.6 Å². The Hall–Kier alpha value is -1.02. The summed E-state index contributed by atoms with van der Waals surface area (Å²) in [5, 5.41) is 11.1. The van der Waals surface area contributed by atoms with Crippen LogP contribution in [0, 0.1) is 5.92 Å². The molecule has 2 heteroatoms. The topological polar surface area (TPSA) is 29.5 Å². The Kier molecular flexibility index (Phi) is 4.28. The average molecular weight is 248 g/mol. The molecule has 1 aromatic rings. The predicted molar refractivity (Wildman–Crippen MR) is 73.8 cm³/mol. The summed E-state index contributed by atoms with van der Waals surface area (Å²) in [6.07, 6.45) is 5.34. The van der Waals surface area contributed by atoms with Gasteiger partial charge in [0.15, 0.2) is 0 Å². The van der Waals surface area contributed by atoms with Crippen molar-refractivity contribution < 1.29 is 9.84 Å². The quantitative estimate of drug-likeness (QED) is 0.876. The maximum atomic E-state index is 11.1. The molecule has 18 heavy (non-hydrogen) atoms. The van der Waals surface area contributed by atoms with E-state index in [9.17, 15) is 5.11 Å². The van der Waals surface area contributed by atoms with E-state index in [1.54, 1.807) is 0 Å². The highest BCUT2D eigenvalue weighted by Crippen LogP contribution is 2.46. The zero-order valence-corrected chi connectivity index (χ0v) is 11.5. The van der Waals surface area contributed by atoms with Crippen LogP contribution in [0.1, 0.15) is 51.5 Å². The van der Waals surface area contributed by atoms with Gasteiger partial charge in [-0.3, -0.25) is 0 Å². The first kappa shape index (κ1) is 13.4. The summed E-state index contributed by atoms with van der Waals surface area (Å²) in [7, 11) is 0. The average Bonchev–Trinajstić information content (AvgIpc) is 2.40. The van der Waals surface area contributed by atoms with Crippen molar-refractivity contribution in [3.8, 4) is 5.75 Å². The van der Waals surface area contributed by atoms with Gasteiger partial charge in [0, 0.05) is 5.56 Å². The van der Waals surface area contributed by atoms with E-state index >= 15 is 0 Å². The third-order valence-corrected chi connectivity index (χ3v) is 4.18. The van der Waals surface area contributed by atoms with Gasteiger partial charge in [-0.2, -0.15) is 0 Å². The maximum Gasteiger partial charge on any atom is 0.125 e. The molecule has 2 atom stereocenters. The third-order valence-electron chi connectivity index (χ3n) is 4.18. The smallest absolute Gasteiger partial charge is 0.125 e. The second-order valence-electron chi connectivity index (χ2n) is 5.20. The minimum atomic E-state index is -0.696. The van der Waals surface area contributed by atoms with Crippen LogP contribution in [0.2, 0.25) is 0 Å². The van der Waals surface area contributed by atoms with Gasteiger partial charge in [-0.25, -0.2) is 0 Å². The first-order valence-electron chi connectivity index (χ1n) is 7.17. The molecule has 1 fully saturated rings. The van der Waals surface area contributed by atoms with E-state index in [-0.39, 0.29) is 0 Å². The van der Waals surface area contributed by atoms with Crippen molar-refractivity contribution >= 4 is 0 Å². The van der Waals surface area contributed by atoms with E-state index in [0.29, 0.717) is 12.5 Å². The zero-order valence-electron chi connectivity index (χ0n) is 11.5. The lowest BCUT2D eigenvalue weighted by atomic mass is 9.70. The van der Waals surface area contributed by atoms with E-state index < -0.39 is 5.60 Å². The van der Waals surface area contributed by atoms with E-state index in [0.717, 1.165) is 37.0 Å². The van der Waals surface area contributed by atoms with Crippen LogP contribution in [0.5, 0.6) is 5.75 Å². The van der Waals surface area contributed by atoms with Crippen molar-refractivity contribution in [3.05, 3.63) is 29.8 Å². The van der Waals surface area contributed by atoms with E-state index in [4.69, 9.17) is 4.74 Å². The zero-order chi connectivity index (χ0) is 13.0. The van der Waals surface area contributed by atoms with Gasteiger partial charge in [-0.05, 0) is 31.7 Å². The van der Waals surface area contributed by atoms with Crippen LogP contribution in [0.3, 0.4) is 0 Å². The first-order valence-corrected chi connectivity index (χ1v) is 7.17. The molecule has 0 bridgehead atoms. The summed E-state index contributed by atoms with van der Waals surface area (Å²) in [6, 6.07) is 7.97. The van der Waals surface area contributed by atoms with Crippen LogP contribution in [0.15, 0.2) is 24.3 Å². The van der Waals surface area contributed by atoms with Crippen molar-refractivity contribution in [1.82, 2.24) is 0 Å². The third kappa shape index (κ3) is 2.39. The van der Waals surface area contributed by atoms with Crippen molar-refractivity contribution in [2.24, 2.45) is 5.92 Å². The van der Waals surface area contributed by atoms with Crippen molar-refractivity contribution in [1.29, 1.82) is 0 Å². The molecule has 1 aliphatic carbocycles. The molecule has 0 aliphatic heterocycles. The lowest BCUT2D eigenvalue weighted by molar-refractivity contribution is -0.0574. The van der Waals surface area contributed by atoms with E-state index in [2.05, 4.69) is 6.92 Å². The first-order chi connectivity index (χ1) is 8.72. The molecule has 0 radical (unpaired) electrons. The Labute approximate surface area is 110 Å². The lowest BCUT2D eigenvalue weighted by Gasteiger charge is -2.40. The fraction of sp³-hybridized carbons (Fsp3) is 0.625. The Morgan fingerprint density at radius 1 is 1.28 bits per heavy atom. The van der Waals surface area contributed by atoms with Crippen LogP contribution >= 0.6 is 0 Å². The van der Waals surface area contributed by atoms with Crippen LogP contribution in [-0.4, -0.2) is 11.7 Å². The summed E-state index contributed by atoms with van der Waals surface area (Å²) >= 11 is 0. The molecule has 0 saturated heterocycles. The van der Waals surface area contributed by atoms with E-state index in [1.165, 1.54) is 6.42 Å². The molecule has 1 aliphatic rings. The van der Waals surface area contributed by atoms with Crippen LogP contribution in [0.4, 0.5) is 0 Å². The molecule has 2 nitrogen and oxygen atoms in total. The fourth-order valence-electron chi connectivity index (χ4n) is 3.23. The summed E-state index contributed by atoms with van der Waals surface area (Å²) in [4.78, 5) is 0. The van der Waals surface area contributed by atoms with Gasteiger partial charge >= 0.3 is 0 Å². The minimum Gasteiger partial charge on any atom is -0.493 e. The molecular weight excluding hydrogens is 224 g/mol. The van der Waals surface area contributed by atoms with Gasteiger partial charge in [-0.15, -0.1) is 0 Å². The molecule has 1 saturated carbocycles. The van der Waals surface area contributed by atoms with Crippen molar-refractivity contribution in [3.63, 3.8) is 0 Å². The highest BCUT2D eigenvalue weighted by atomic mass is 16.5. The highest BCUT2D eigenvalue weighted by molar-refractivity contribution is 5.38. The molecular formula is C16H24O2. The molecule has 0 spiro atoms. The minimum absolute atomic E-state index is 0.354. The number of aliphatic hydroxyl groups is 1. The number of ether oxygens (including phenoxy) is 1. The summed E-state index contributed by atoms with van der Waals surface area (Å²) in [5.74, 6) is 1.20. The normalized spacial score (nSPS) is 28.1. The fourth-order valence-corrected chi connectivity index (χ4v) is 3.23. The van der Waals surface area contributed by atoms with Gasteiger partial charge < -0.3 is 9.84 Å². The maximum absolute atomic E-state index is 11.1. The highest BCUT2D eigenvalue weighted by Gasteiger charge is 2.40. The largest absolute Gasteiger partial charge is 0.493 e. The van der Waals surface area contributed by atoms with Gasteiger partial charge in [0.2, 0.25) is 0 Å². The molecule has 1 N–H and O–H groups in total.